The molecule has 2 atom stereocenters. The van der Waals surface area contributed by atoms with Gasteiger partial charge < -0.3 is 14.8 Å². The van der Waals surface area contributed by atoms with Gasteiger partial charge in [0.1, 0.15) is 11.6 Å². The van der Waals surface area contributed by atoms with Crippen molar-refractivity contribution in [2.45, 2.75) is 83.5 Å². The van der Waals surface area contributed by atoms with E-state index in [1.807, 2.05) is 20.8 Å². The topological polar surface area (TPSA) is 67.9 Å². The second-order valence-electron chi connectivity index (χ2n) is 8.23. The maximum absolute atomic E-state index is 12.4. The van der Waals surface area contributed by atoms with Crippen molar-refractivity contribution in [3.05, 3.63) is 0 Å². The molecule has 6 nitrogen and oxygen atoms in total. The van der Waals surface area contributed by atoms with E-state index in [1.54, 1.807) is 0 Å². The normalized spacial score (nSPS) is 31.0. The number of rotatable bonds is 3. The maximum atomic E-state index is 12.4. The van der Waals surface area contributed by atoms with Crippen molar-refractivity contribution >= 4 is 12.1 Å². The van der Waals surface area contributed by atoms with Crippen molar-refractivity contribution in [2.24, 2.45) is 5.92 Å². The number of likely N-dealkylation sites (tertiary alicyclic amines) is 1. The van der Waals surface area contributed by atoms with Crippen LogP contribution in [0.2, 0.25) is 0 Å². The van der Waals surface area contributed by atoms with E-state index in [-0.39, 0.29) is 12.0 Å². The van der Waals surface area contributed by atoms with Gasteiger partial charge in [-0.25, -0.2) is 9.59 Å². The molecule has 0 aromatic heterocycles. The molecule has 0 radical (unpaired) electrons. The number of carbonyl (C=O) groups excluding carboxylic acids is 2. The van der Waals surface area contributed by atoms with Gasteiger partial charge in [-0.1, -0.05) is 6.92 Å². The zero-order valence-electron chi connectivity index (χ0n) is 15.6. The third-order valence-electron chi connectivity index (χ3n) is 4.89. The largest absolute Gasteiger partial charge is 0.467 e. The highest BCUT2D eigenvalue weighted by molar-refractivity contribution is 5.82. The van der Waals surface area contributed by atoms with Gasteiger partial charge in [-0.3, -0.25) is 4.90 Å². The Bertz CT molecular complexity index is 452. The number of carbonyl (C=O) groups is 2. The standard InChI is InChI=1S/C18H32N2O4/c1-12-6-8-13(9-7-12)19-14-10-15(16(21)23-5)20(11-14)17(22)24-18(2,3)4/h12-15,19H,6-11H2,1-5H3/t12-,13+,14-,15-/m0/s1. The molecule has 1 heterocycles. The summed E-state index contributed by atoms with van der Waals surface area (Å²) in [5.74, 6) is 0.426. The summed E-state index contributed by atoms with van der Waals surface area (Å²) in [6.45, 7) is 8.26. The summed E-state index contributed by atoms with van der Waals surface area (Å²) in [6.07, 6.45) is 4.93. The first-order chi connectivity index (χ1) is 11.2. The first kappa shape index (κ1) is 19.0. The lowest BCUT2D eigenvalue weighted by molar-refractivity contribution is -0.145. The SMILES string of the molecule is COC(=O)[C@@H]1C[C@H](N[C@H]2CC[C@@H](C)CC2)CN1C(=O)OC(C)(C)C. The summed E-state index contributed by atoms with van der Waals surface area (Å²) in [5.41, 5.74) is -0.581. The van der Waals surface area contributed by atoms with Crippen LogP contribution in [0.5, 0.6) is 0 Å². The van der Waals surface area contributed by atoms with Crippen LogP contribution in [-0.4, -0.2) is 54.3 Å². The lowest BCUT2D eigenvalue weighted by Gasteiger charge is -2.29. The third kappa shape index (κ3) is 5.10. The Hall–Kier alpha value is -1.30. The first-order valence-corrected chi connectivity index (χ1v) is 9.03. The number of nitrogens with one attached hydrogen (secondary N) is 1. The predicted octanol–water partition coefficient (Wildman–Crippen LogP) is 2.71. The average Bonchev–Trinajstić information content (AvgIpc) is 2.91. The number of esters is 1. The van der Waals surface area contributed by atoms with Gasteiger partial charge in [-0.2, -0.15) is 0 Å². The summed E-state index contributed by atoms with van der Waals surface area (Å²) < 4.78 is 10.3. The van der Waals surface area contributed by atoms with Crippen molar-refractivity contribution < 1.29 is 19.1 Å². The Morgan fingerprint density at radius 2 is 1.71 bits per heavy atom. The van der Waals surface area contributed by atoms with Crippen LogP contribution in [0, 0.1) is 5.92 Å². The summed E-state index contributed by atoms with van der Waals surface area (Å²) in [4.78, 5) is 26.0. The molecule has 2 rings (SSSR count). The molecule has 2 fully saturated rings. The molecule has 1 N–H and O–H groups in total. The Balaban J connectivity index is 1.98. The van der Waals surface area contributed by atoms with Crippen LogP contribution in [0.15, 0.2) is 0 Å². The van der Waals surface area contributed by atoms with E-state index in [0.717, 1.165) is 18.8 Å². The van der Waals surface area contributed by atoms with Gasteiger partial charge in [-0.15, -0.1) is 0 Å². The monoisotopic (exact) mass is 340 g/mol. The summed E-state index contributed by atoms with van der Waals surface area (Å²) >= 11 is 0. The number of nitrogens with zero attached hydrogens (tertiary/aromatic N) is 1. The number of amides is 1. The molecule has 0 aromatic carbocycles. The minimum atomic E-state index is -0.581. The number of hydrogen-bond donors (Lipinski definition) is 1. The minimum Gasteiger partial charge on any atom is -0.467 e. The lowest BCUT2D eigenvalue weighted by Crippen LogP contribution is -2.45. The molecule has 1 amide bonds. The smallest absolute Gasteiger partial charge is 0.411 e. The van der Waals surface area contributed by atoms with Crippen molar-refractivity contribution in [1.82, 2.24) is 10.2 Å². The zero-order valence-corrected chi connectivity index (χ0v) is 15.6. The highest BCUT2D eigenvalue weighted by atomic mass is 16.6. The number of methoxy groups -OCH3 is 1. The first-order valence-electron chi connectivity index (χ1n) is 9.03. The molecule has 0 unspecified atom stereocenters. The number of ether oxygens (including phenoxy) is 2. The van der Waals surface area contributed by atoms with Crippen molar-refractivity contribution in [1.29, 1.82) is 0 Å². The van der Waals surface area contributed by atoms with Gasteiger partial charge in [0, 0.05) is 18.6 Å². The molecule has 24 heavy (non-hydrogen) atoms. The fourth-order valence-corrected chi connectivity index (χ4v) is 3.60. The molecule has 1 saturated carbocycles. The fourth-order valence-electron chi connectivity index (χ4n) is 3.60. The highest BCUT2D eigenvalue weighted by Gasteiger charge is 2.42. The van der Waals surface area contributed by atoms with E-state index in [1.165, 1.54) is 24.9 Å². The summed E-state index contributed by atoms with van der Waals surface area (Å²) in [7, 11) is 1.36. The van der Waals surface area contributed by atoms with E-state index in [2.05, 4.69) is 12.2 Å². The molecule has 138 valence electrons. The molecule has 0 aromatic rings. The molecule has 1 saturated heterocycles. The van der Waals surface area contributed by atoms with Crippen LogP contribution in [0.3, 0.4) is 0 Å². The third-order valence-corrected chi connectivity index (χ3v) is 4.89. The van der Waals surface area contributed by atoms with Crippen LogP contribution in [0.4, 0.5) is 4.79 Å². The second kappa shape index (κ2) is 7.72. The van der Waals surface area contributed by atoms with Gasteiger partial charge >= 0.3 is 12.1 Å². The Labute approximate surface area is 145 Å². The highest BCUT2D eigenvalue weighted by Crippen LogP contribution is 2.27. The van der Waals surface area contributed by atoms with Crippen molar-refractivity contribution in [2.75, 3.05) is 13.7 Å². The lowest BCUT2D eigenvalue weighted by atomic mass is 9.87. The minimum absolute atomic E-state index is 0.111. The van der Waals surface area contributed by atoms with Crippen LogP contribution < -0.4 is 5.32 Å². The van der Waals surface area contributed by atoms with Gasteiger partial charge in [-0.05, 0) is 58.8 Å². The molecule has 1 aliphatic carbocycles. The molecule has 0 bridgehead atoms. The van der Waals surface area contributed by atoms with Crippen molar-refractivity contribution in [3.8, 4) is 0 Å². The molecule has 0 spiro atoms. The summed E-state index contributed by atoms with van der Waals surface area (Å²) in [5, 5.41) is 3.64. The van der Waals surface area contributed by atoms with Crippen LogP contribution >= 0.6 is 0 Å². The predicted molar refractivity (Wildman–Crippen MR) is 91.7 cm³/mol. The van der Waals surface area contributed by atoms with E-state index in [9.17, 15) is 9.59 Å². The van der Waals surface area contributed by atoms with Gasteiger partial charge in [0.05, 0.1) is 7.11 Å². The van der Waals surface area contributed by atoms with E-state index in [4.69, 9.17) is 9.47 Å². The Morgan fingerprint density at radius 3 is 2.25 bits per heavy atom. The van der Waals surface area contributed by atoms with E-state index >= 15 is 0 Å². The van der Waals surface area contributed by atoms with Crippen LogP contribution in [0.1, 0.15) is 59.8 Å². The molecular weight excluding hydrogens is 308 g/mol. The van der Waals surface area contributed by atoms with Crippen LogP contribution in [-0.2, 0) is 14.3 Å². The molecule has 1 aliphatic heterocycles. The van der Waals surface area contributed by atoms with Crippen molar-refractivity contribution in [3.63, 3.8) is 0 Å². The Morgan fingerprint density at radius 1 is 1.08 bits per heavy atom. The molecular formula is C18H32N2O4. The second-order valence-corrected chi connectivity index (χ2v) is 8.23. The summed E-state index contributed by atoms with van der Waals surface area (Å²) in [6, 6.07) is 0.0213. The van der Waals surface area contributed by atoms with Gasteiger partial charge in [0.2, 0.25) is 0 Å². The fraction of sp³-hybridized carbons (Fsp3) is 0.889. The molecule has 2 aliphatic rings. The maximum Gasteiger partial charge on any atom is 0.411 e. The Kier molecular flexibility index (Phi) is 6.12. The van der Waals surface area contributed by atoms with Gasteiger partial charge in [0.15, 0.2) is 0 Å². The quantitative estimate of drug-likeness (QED) is 0.800. The van der Waals surface area contributed by atoms with E-state index < -0.39 is 17.7 Å². The number of hydrogen-bond acceptors (Lipinski definition) is 5. The zero-order chi connectivity index (χ0) is 17.9. The molecule has 6 heteroatoms. The van der Waals surface area contributed by atoms with Crippen LogP contribution in [0.25, 0.3) is 0 Å². The van der Waals surface area contributed by atoms with Gasteiger partial charge in [0.25, 0.3) is 0 Å². The average molecular weight is 340 g/mol. The van der Waals surface area contributed by atoms with E-state index in [0.29, 0.717) is 19.0 Å².